The summed E-state index contributed by atoms with van der Waals surface area (Å²) in [5.41, 5.74) is 1.95. The zero-order chi connectivity index (χ0) is 26.1. The van der Waals surface area contributed by atoms with E-state index in [1.54, 1.807) is 49.8 Å². The fourth-order valence-electron chi connectivity index (χ4n) is 5.00. The maximum atomic E-state index is 13.3. The molecule has 1 amide bonds. The number of carbonyl (C=O) groups is 2. The molecule has 0 bridgehead atoms. The van der Waals surface area contributed by atoms with Gasteiger partial charge in [0.15, 0.2) is 11.5 Å². The lowest BCUT2D eigenvalue weighted by Crippen LogP contribution is -2.31. The van der Waals surface area contributed by atoms with Gasteiger partial charge < -0.3 is 29.2 Å². The average Bonchev–Trinajstić information content (AvgIpc) is 3.59. The quantitative estimate of drug-likeness (QED) is 0.273. The van der Waals surface area contributed by atoms with Crippen molar-refractivity contribution in [3.8, 4) is 17.2 Å². The number of aliphatic hydroxyl groups is 1. The summed E-state index contributed by atoms with van der Waals surface area (Å²) in [5, 5.41) is 21.6. The number of phenolic OH excluding ortho intramolecular Hbond substituents is 1. The highest BCUT2D eigenvalue weighted by molar-refractivity contribution is 6.46. The summed E-state index contributed by atoms with van der Waals surface area (Å²) in [6.07, 6.45) is 6.50. The highest BCUT2D eigenvalue weighted by Gasteiger charge is 2.46. The highest BCUT2D eigenvalue weighted by Crippen LogP contribution is 2.42. The molecule has 0 radical (unpaired) electrons. The van der Waals surface area contributed by atoms with Gasteiger partial charge in [0, 0.05) is 37.5 Å². The van der Waals surface area contributed by atoms with E-state index in [9.17, 15) is 19.8 Å². The Bertz CT molecular complexity index is 1360. The molecular weight excluding hydrogens is 474 g/mol. The van der Waals surface area contributed by atoms with Crippen molar-refractivity contribution >= 4 is 17.4 Å². The molecule has 2 aromatic carbocycles. The van der Waals surface area contributed by atoms with E-state index < -0.39 is 17.7 Å². The number of carbonyl (C=O) groups excluding carboxylic acids is 2. The minimum absolute atomic E-state index is 0.00711. The van der Waals surface area contributed by atoms with E-state index in [-0.39, 0.29) is 35.5 Å². The fourth-order valence-corrected chi connectivity index (χ4v) is 5.00. The number of nitrogens with zero attached hydrogens (tertiary/aromatic N) is 3. The van der Waals surface area contributed by atoms with Crippen molar-refractivity contribution in [3.05, 3.63) is 77.4 Å². The smallest absolute Gasteiger partial charge is 0.295 e. The molecule has 2 aliphatic rings. The molecule has 1 saturated heterocycles. The number of Topliss-reactive ketones (excluding diaryl/α,β-unsaturated/α-hetero) is 1. The summed E-state index contributed by atoms with van der Waals surface area (Å²) >= 11 is 0. The number of likely N-dealkylation sites (tertiary alicyclic amines) is 1. The zero-order valence-corrected chi connectivity index (χ0v) is 20.8. The number of benzene rings is 2. The summed E-state index contributed by atoms with van der Waals surface area (Å²) in [6, 6.07) is 9.16. The first-order chi connectivity index (χ1) is 17.9. The van der Waals surface area contributed by atoms with Crippen LogP contribution in [0.15, 0.2) is 60.7 Å². The van der Waals surface area contributed by atoms with Crippen molar-refractivity contribution in [2.45, 2.75) is 45.4 Å². The topological polar surface area (TPSA) is 114 Å². The number of phenols is 1. The Balaban J connectivity index is 1.56. The fraction of sp³-hybridized carbons (Fsp3) is 0.321. The molecule has 1 fully saturated rings. The van der Waals surface area contributed by atoms with Gasteiger partial charge in [-0.05, 0) is 61.7 Å². The van der Waals surface area contributed by atoms with Crippen LogP contribution >= 0.6 is 0 Å². The van der Waals surface area contributed by atoms with Gasteiger partial charge >= 0.3 is 0 Å². The standard InChI is InChI=1S/C28H29N3O6/c1-3-36-23-15-18(5-7-21(23)32)25-24(26(33)19-6-8-22-20(14-19)13-17(2)37-22)27(34)28(35)31(25)11-4-10-30-12-9-29-16-30/h5-9,12,14-17,25,32-33H,3-4,10-11,13H2,1-2H3/b26-24+/t17-,25-/m1/s1. The number of aryl methyl sites for hydroxylation is 1. The van der Waals surface area contributed by atoms with Crippen LogP contribution in [0, 0.1) is 0 Å². The lowest BCUT2D eigenvalue weighted by atomic mass is 9.94. The second-order valence-corrected chi connectivity index (χ2v) is 9.26. The van der Waals surface area contributed by atoms with Gasteiger partial charge in [0.05, 0.1) is 24.5 Å². The molecule has 2 N–H and O–H groups in total. The van der Waals surface area contributed by atoms with Crippen molar-refractivity contribution in [2.24, 2.45) is 0 Å². The Morgan fingerprint density at radius 2 is 2.03 bits per heavy atom. The van der Waals surface area contributed by atoms with Gasteiger partial charge in [-0.1, -0.05) is 6.07 Å². The molecular formula is C28H29N3O6. The number of ketones is 1. The lowest BCUT2D eigenvalue weighted by molar-refractivity contribution is -0.139. The second kappa shape index (κ2) is 10.0. The van der Waals surface area contributed by atoms with Crippen LogP contribution in [0.2, 0.25) is 0 Å². The van der Waals surface area contributed by atoms with Crippen LogP contribution in [0.5, 0.6) is 17.2 Å². The van der Waals surface area contributed by atoms with Gasteiger partial charge in [-0.15, -0.1) is 0 Å². The molecule has 0 spiro atoms. The van der Waals surface area contributed by atoms with Crippen LogP contribution in [0.1, 0.15) is 43.0 Å². The molecule has 0 saturated carbocycles. The average molecular weight is 504 g/mol. The van der Waals surface area contributed by atoms with Gasteiger partial charge in [-0.2, -0.15) is 0 Å². The Morgan fingerprint density at radius 3 is 2.78 bits per heavy atom. The van der Waals surface area contributed by atoms with Gasteiger partial charge in [-0.25, -0.2) is 4.98 Å². The van der Waals surface area contributed by atoms with Crippen LogP contribution in [0.4, 0.5) is 0 Å². The number of aromatic nitrogens is 2. The number of aromatic hydroxyl groups is 1. The first kappa shape index (κ1) is 24.4. The number of rotatable bonds is 8. The van der Waals surface area contributed by atoms with Gasteiger partial charge in [0.2, 0.25) is 0 Å². The first-order valence-corrected chi connectivity index (χ1v) is 12.4. The van der Waals surface area contributed by atoms with Crippen molar-refractivity contribution < 1.29 is 29.3 Å². The van der Waals surface area contributed by atoms with Crippen molar-refractivity contribution in [1.29, 1.82) is 0 Å². The largest absolute Gasteiger partial charge is 0.507 e. The molecule has 2 aliphatic heterocycles. The van der Waals surface area contributed by atoms with Crippen LogP contribution in [0.25, 0.3) is 5.76 Å². The molecule has 1 aromatic heterocycles. The van der Waals surface area contributed by atoms with Gasteiger partial charge in [0.1, 0.15) is 17.6 Å². The maximum absolute atomic E-state index is 13.3. The van der Waals surface area contributed by atoms with Gasteiger partial charge in [0.25, 0.3) is 11.7 Å². The van der Waals surface area contributed by atoms with E-state index >= 15 is 0 Å². The van der Waals surface area contributed by atoms with Gasteiger partial charge in [-0.3, -0.25) is 9.59 Å². The Morgan fingerprint density at radius 1 is 1.19 bits per heavy atom. The molecule has 3 heterocycles. The number of hydrogen-bond donors (Lipinski definition) is 2. The summed E-state index contributed by atoms with van der Waals surface area (Å²) in [6.45, 7) is 4.99. The van der Waals surface area contributed by atoms with Crippen molar-refractivity contribution in [3.63, 3.8) is 0 Å². The number of amides is 1. The van der Waals surface area contributed by atoms with Crippen LogP contribution in [-0.4, -0.2) is 55.6 Å². The Kier molecular flexibility index (Phi) is 6.60. The second-order valence-electron chi connectivity index (χ2n) is 9.26. The van der Waals surface area contributed by atoms with E-state index in [4.69, 9.17) is 9.47 Å². The number of aliphatic hydroxyl groups excluding tert-OH is 1. The molecule has 0 unspecified atom stereocenters. The third-order valence-electron chi connectivity index (χ3n) is 6.68. The van der Waals surface area contributed by atoms with E-state index in [0.29, 0.717) is 37.1 Å². The predicted octanol–water partition coefficient (Wildman–Crippen LogP) is 3.82. The molecule has 9 nitrogen and oxygen atoms in total. The molecule has 9 heteroatoms. The SMILES string of the molecule is CCOc1cc([C@@H]2/C(=C(\O)c3ccc4c(c3)C[C@@H](C)O4)C(=O)C(=O)N2CCCn2ccnc2)ccc1O. The number of fused-ring (bicyclic) bond motifs is 1. The summed E-state index contributed by atoms with van der Waals surface area (Å²) in [5.74, 6) is -0.722. The summed E-state index contributed by atoms with van der Waals surface area (Å²) < 4.78 is 13.2. The summed E-state index contributed by atoms with van der Waals surface area (Å²) in [7, 11) is 0. The maximum Gasteiger partial charge on any atom is 0.295 e. The number of imidazole rings is 1. The molecule has 5 rings (SSSR count). The third-order valence-corrected chi connectivity index (χ3v) is 6.68. The lowest BCUT2D eigenvalue weighted by Gasteiger charge is -2.26. The molecule has 37 heavy (non-hydrogen) atoms. The van der Waals surface area contributed by atoms with Crippen LogP contribution in [0.3, 0.4) is 0 Å². The van der Waals surface area contributed by atoms with E-state index in [1.807, 2.05) is 17.7 Å². The Hall–Kier alpha value is -4.27. The first-order valence-electron chi connectivity index (χ1n) is 12.4. The highest BCUT2D eigenvalue weighted by atomic mass is 16.5. The predicted molar refractivity (Wildman–Crippen MR) is 135 cm³/mol. The normalized spacial score (nSPS) is 20.2. The molecule has 192 valence electrons. The minimum Gasteiger partial charge on any atom is -0.507 e. The summed E-state index contributed by atoms with van der Waals surface area (Å²) in [4.78, 5) is 32.1. The monoisotopic (exact) mass is 503 g/mol. The van der Waals surface area contributed by atoms with Crippen molar-refractivity contribution in [1.82, 2.24) is 14.5 Å². The zero-order valence-electron chi connectivity index (χ0n) is 20.8. The number of ether oxygens (including phenoxy) is 2. The number of hydrogen-bond acceptors (Lipinski definition) is 7. The molecule has 3 aromatic rings. The van der Waals surface area contributed by atoms with E-state index in [0.717, 1.165) is 11.3 Å². The van der Waals surface area contributed by atoms with E-state index in [1.165, 1.54) is 11.0 Å². The van der Waals surface area contributed by atoms with Crippen LogP contribution in [-0.2, 0) is 22.6 Å². The third kappa shape index (κ3) is 4.64. The Labute approximate surface area is 214 Å². The minimum atomic E-state index is -0.842. The van der Waals surface area contributed by atoms with Crippen molar-refractivity contribution in [2.75, 3.05) is 13.2 Å². The molecule has 0 aliphatic carbocycles. The van der Waals surface area contributed by atoms with E-state index in [2.05, 4.69) is 4.98 Å². The van der Waals surface area contributed by atoms with Crippen LogP contribution < -0.4 is 9.47 Å². The molecule has 2 atom stereocenters.